The van der Waals surface area contributed by atoms with E-state index in [1.807, 2.05) is 21.1 Å². The number of phosphoric ester groups is 1. The first-order valence-electron chi connectivity index (χ1n) is 35.5. The van der Waals surface area contributed by atoms with Crippen molar-refractivity contribution in [2.24, 2.45) is 0 Å². The summed E-state index contributed by atoms with van der Waals surface area (Å²) in [5, 5.41) is 0. The maximum absolute atomic E-state index is 12.9. The lowest BCUT2D eigenvalue weighted by Gasteiger charge is -2.28. The smallest absolute Gasteiger partial charge is 0.306 e. The quantitative estimate of drug-likeness (QED) is 0.0195. The Kier molecular flexibility index (Phi) is 61.8. The molecule has 0 radical (unpaired) electrons. The lowest BCUT2D eigenvalue weighted by Crippen LogP contribution is -2.37. The van der Waals surface area contributed by atoms with Gasteiger partial charge in [-0.25, -0.2) is 0 Å². The van der Waals surface area contributed by atoms with Crippen LogP contribution in [0, 0.1) is 0 Å². The molecule has 0 aromatic carbocycles. The van der Waals surface area contributed by atoms with Gasteiger partial charge in [0.2, 0.25) is 0 Å². The number of quaternary nitrogens is 1. The SMILES string of the molecule is CCCCCCC/C=C\C/C=C\CCCCCCCCCCCCCCCCCCCCCCCC(=O)OC(COC(=O)CCCCCCCCCCCCCCCCCCCCCCCCCC)COP(=O)([O-])OCC[N+](C)(C)C. The van der Waals surface area contributed by atoms with Crippen molar-refractivity contribution in [1.82, 2.24) is 0 Å². The van der Waals surface area contributed by atoms with E-state index in [9.17, 15) is 19.0 Å². The van der Waals surface area contributed by atoms with Gasteiger partial charge in [-0.1, -0.05) is 334 Å². The molecule has 0 aromatic heterocycles. The van der Waals surface area contributed by atoms with Crippen LogP contribution in [0.4, 0.5) is 0 Å². The number of hydrogen-bond donors (Lipinski definition) is 0. The number of unbranched alkanes of at least 4 members (excludes halogenated alkanes) is 49. The number of carbonyl (C=O) groups is 2. The minimum Gasteiger partial charge on any atom is -0.756 e. The van der Waals surface area contributed by atoms with Gasteiger partial charge >= 0.3 is 11.9 Å². The first-order valence-corrected chi connectivity index (χ1v) is 37.0. The van der Waals surface area contributed by atoms with Gasteiger partial charge in [-0.3, -0.25) is 14.2 Å². The zero-order chi connectivity index (χ0) is 59.1. The summed E-state index contributed by atoms with van der Waals surface area (Å²) in [5.41, 5.74) is 0. The van der Waals surface area contributed by atoms with Crippen LogP contribution in [0.5, 0.6) is 0 Å². The number of allylic oxidation sites excluding steroid dienone is 4. The van der Waals surface area contributed by atoms with E-state index >= 15 is 0 Å². The molecule has 0 bridgehead atoms. The van der Waals surface area contributed by atoms with E-state index in [0.717, 1.165) is 38.5 Å². The molecule has 0 rings (SSSR count). The summed E-state index contributed by atoms with van der Waals surface area (Å²) in [4.78, 5) is 38.1. The van der Waals surface area contributed by atoms with Crippen molar-refractivity contribution in [3.63, 3.8) is 0 Å². The number of nitrogens with zero attached hydrogens (tertiary/aromatic N) is 1. The van der Waals surface area contributed by atoms with Gasteiger partial charge in [-0.05, 0) is 44.9 Å². The highest BCUT2D eigenvalue weighted by Gasteiger charge is 2.22. The van der Waals surface area contributed by atoms with E-state index in [0.29, 0.717) is 17.4 Å². The molecule has 0 saturated heterocycles. The number of likely N-dealkylation sites (N-methyl/N-ethyl adjacent to an activating group) is 1. The van der Waals surface area contributed by atoms with E-state index in [1.165, 1.54) is 295 Å². The summed E-state index contributed by atoms with van der Waals surface area (Å²) in [6, 6.07) is 0. The van der Waals surface area contributed by atoms with E-state index in [2.05, 4.69) is 38.2 Å². The summed E-state index contributed by atoms with van der Waals surface area (Å²) in [6.07, 6.45) is 78.4. The molecular formula is C71H138NO8P. The number of esters is 2. The Bertz CT molecular complexity index is 1420. The molecule has 0 aromatic rings. The molecule has 0 aliphatic rings. The highest BCUT2D eigenvalue weighted by Crippen LogP contribution is 2.38. The maximum Gasteiger partial charge on any atom is 0.306 e. The largest absolute Gasteiger partial charge is 0.756 e. The summed E-state index contributed by atoms with van der Waals surface area (Å²) >= 11 is 0. The van der Waals surface area contributed by atoms with Crippen LogP contribution in [0.15, 0.2) is 24.3 Å². The maximum atomic E-state index is 12.9. The molecule has 0 saturated carbocycles. The van der Waals surface area contributed by atoms with Crippen molar-refractivity contribution in [2.45, 2.75) is 373 Å². The zero-order valence-corrected chi connectivity index (χ0v) is 55.7. The van der Waals surface area contributed by atoms with E-state index < -0.39 is 26.5 Å². The summed E-state index contributed by atoms with van der Waals surface area (Å²) in [5.74, 6) is -0.808. The minimum absolute atomic E-state index is 0.0265. The molecule has 0 aliphatic carbocycles. The second kappa shape index (κ2) is 63.0. The molecule has 0 amide bonds. The van der Waals surface area contributed by atoms with Crippen LogP contribution in [-0.4, -0.2) is 70.0 Å². The Hall–Kier alpha value is -1.51. The zero-order valence-electron chi connectivity index (χ0n) is 54.8. The first-order chi connectivity index (χ1) is 39.5. The van der Waals surface area contributed by atoms with Gasteiger partial charge in [-0.2, -0.15) is 0 Å². The number of hydrogen-bond acceptors (Lipinski definition) is 8. The predicted molar refractivity (Wildman–Crippen MR) is 347 cm³/mol. The fourth-order valence-electron chi connectivity index (χ4n) is 10.8. The first kappa shape index (κ1) is 79.5. The molecule has 81 heavy (non-hydrogen) atoms. The van der Waals surface area contributed by atoms with Crippen LogP contribution in [0.2, 0.25) is 0 Å². The second-order valence-corrected chi connectivity index (χ2v) is 27.0. The second-order valence-electron chi connectivity index (χ2n) is 25.6. The van der Waals surface area contributed by atoms with Gasteiger partial charge in [0.1, 0.15) is 19.8 Å². The van der Waals surface area contributed by atoms with Crippen LogP contribution in [-0.2, 0) is 32.7 Å². The van der Waals surface area contributed by atoms with E-state index in [4.69, 9.17) is 18.5 Å². The molecule has 2 atom stereocenters. The van der Waals surface area contributed by atoms with Crippen LogP contribution in [0.25, 0.3) is 0 Å². The summed E-state index contributed by atoms with van der Waals surface area (Å²) < 4.78 is 34.3. The average molecular weight is 1160 g/mol. The molecule has 0 fully saturated rings. The lowest BCUT2D eigenvalue weighted by molar-refractivity contribution is -0.870. The van der Waals surface area contributed by atoms with Crippen molar-refractivity contribution in [3.8, 4) is 0 Å². The average Bonchev–Trinajstić information content (AvgIpc) is 3.43. The third-order valence-corrected chi connectivity index (χ3v) is 17.2. The molecule has 0 spiro atoms. The van der Waals surface area contributed by atoms with Gasteiger partial charge < -0.3 is 27.9 Å². The van der Waals surface area contributed by atoms with Gasteiger partial charge in [0.05, 0.1) is 27.7 Å². The number of carbonyl (C=O) groups excluding carboxylic acids is 2. The molecule has 0 N–H and O–H groups in total. The van der Waals surface area contributed by atoms with Gasteiger partial charge in [0.25, 0.3) is 7.82 Å². The van der Waals surface area contributed by atoms with Crippen molar-refractivity contribution in [2.75, 3.05) is 47.5 Å². The van der Waals surface area contributed by atoms with Gasteiger partial charge in [0.15, 0.2) is 6.10 Å². The van der Waals surface area contributed by atoms with E-state index in [1.54, 1.807) is 0 Å². The highest BCUT2D eigenvalue weighted by molar-refractivity contribution is 7.45. The monoisotopic (exact) mass is 1160 g/mol. The molecule has 0 heterocycles. The molecule has 10 heteroatoms. The molecule has 2 unspecified atom stereocenters. The van der Waals surface area contributed by atoms with Crippen LogP contribution >= 0.6 is 7.82 Å². The lowest BCUT2D eigenvalue weighted by atomic mass is 10.0. The summed E-state index contributed by atoms with van der Waals surface area (Å²) in [6.45, 7) is 4.31. The fourth-order valence-corrected chi connectivity index (χ4v) is 11.5. The number of ether oxygens (including phenoxy) is 2. The van der Waals surface area contributed by atoms with Crippen LogP contribution in [0.1, 0.15) is 367 Å². The van der Waals surface area contributed by atoms with Gasteiger partial charge in [0, 0.05) is 12.8 Å². The normalized spacial score (nSPS) is 13.2. The third kappa shape index (κ3) is 67.5. The Labute approximate surface area is 504 Å². The molecular weight excluding hydrogens is 1030 g/mol. The van der Waals surface area contributed by atoms with Crippen molar-refractivity contribution < 1.29 is 42.1 Å². The summed E-state index contributed by atoms with van der Waals surface area (Å²) in [7, 11) is 1.19. The Balaban J connectivity index is 3.97. The van der Waals surface area contributed by atoms with Crippen LogP contribution in [0.3, 0.4) is 0 Å². The van der Waals surface area contributed by atoms with Crippen molar-refractivity contribution >= 4 is 19.8 Å². The van der Waals surface area contributed by atoms with Gasteiger partial charge in [-0.15, -0.1) is 0 Å². The van der Waals surface area contributed by atoms with Crippen LogP contribution < -0.4 is 4.89 Å². The fraction of sp³-hybridized carbons (Fsp3) is 0.915. The molecule has 9 nitrogen and oxygen atoms in total. The van der Waals surface area contributed by atoms with Crippen molar-refractivity contribution in [1.29, 1.82) is 0 Å². The Morgan fingerprint density at radius 1 is 0.383 bits per heavy atom. The Morgan fingerprint density at radius 2 is 0.667 bits per heavy atom. The number of phosphoric acid groups is 1. The molecule has 480 valence electrons. The standard InChI is InChI=1S/C71H138NO8P/c1-6-8-10-12-14-16-18-20-22-24-26-28-30-32-33-34-35-36-37-38-39-40-42-44-46-48-50-52-54-56-58-60-62-64-71(74)80-69(68-79-81(75,76)78-66-65-72(3,4)5)67-77-70(73)63-61-59-57-55-53-51-49-47-45-43-41-31-29-27-25-23-21-19-17-15-13-11-9-7-2/h18,20,24,26,69H,6-17,19,21-23,25,27-68H2,1-5H3/b20-18-,26-24-. The molecule has 0 aliphatic heterocycles. The third-order valence-electron chi connectivity index (χ3n) is 16.2. The topological polar surface area (TPSA) is 111 Å². The predicted octanol–water partition coefficient (Wildman–Crippen LogP) is 22.3. The minimum atomic E-state index is -4.64. The Morgan fingerprint density at radius 3 is 0.975 bits per heavy atom. The van der Waals surface area contributed by atoms with E-state index in [-0.39, 0.29) is 32.0 Å². The highest BCUT2D eigenvalue weighted by atomic mass is 31.2. The van der Waals surface area contributed by atoms with Crippen molar-refractivity contribution in [3.05, 3.63) is 24.3 Å². The number of rotatable bonds is 67.